The number of hydrogen-bond acceptors (Lipinski definition) is 3. The zero-order valence-corrected chi connectivity index (χ0v) is 13.0. The van der Waals surface area contributed by atoms with E-state index >= 15 is 0 Å². The number of carbonyl (C=O) groups excluding carboxylic acids is 1. The Morgan fingerprint density at radius 1 is 1.36 bits per heavy atom. The Hall–Kier alpha value is -2.07. The van der Waals surface area contributed by atoms with Crippen molar-refractivity contribution in [3.63, 3.8) is 0 Å². The van der Waals surface area contributed by atoms with Crippen LogP contribution in [0, 0.1) is 0 Å². The maximum atomic E-state index is 12.6. The molecule has 0 spiro atoms. The first-order chi connectivity index (χ1) is 10.6. The molecular formula is C17H16ClNO3. The second-order valence-corrected chi connectivity index (χ2v) is 5.83. The normalized spacial score (nSPS) is 13.0. The molecule has 0 radical (unpaired) electrons. The number of esters is 1. The lowest BCUT2D eigenvalue weighted by atomic mass is 10.0. The number of methoxy groups -OCH3 is 1. The summed E-state index contributed by atoms with van der Waals surface area (Å²) >= 11 is 5.99. The van der Waals surface area contributed by atoms with E-state index in [1.807, 2.05) is 18.2 Å². The summed E-state index contributed by atoms with van der Waals surface area (Å²) in [5.74, 6) is -0.391. The Balaban J connectivity index is 2.08. The Kier molecular flexibility index (Phi) is 4.03. The molecule has 1 aliphatic heterocycles. The number of pyridine rings is 1. The van der Waals surface area contributed by atoms with Crippen molar-refractivity contribution >= 4 is 17.6 Å². The van der Waals surface area contributed by atoms with Crippen molar-refractivity contribution in [1.82, 2.24) is 4.57 Å². The predicted octanol–water partition coefficient (Wildman–Crippen LogP) is 2.83. The second-order valence-electron chi connectivity index (χ2n) is 5.39. The summed E-state index contributed by atoms with van der Waals surface area (Å²) in [6.45, 7) is 0.654. The van der Waals surface area contributed by atoms with Gasteiger partial charge in [0.05, 0.1) is 12.7 Å². The molecule has 5 heteroatoms. The van der Waals surface area contributed by atoms with Crippen LogP contribution in [0.1, 0.15) is 33.6 Å². The van der Waals surface area contributed by atoms with Gasteiger partial charge in [0.15, 0.2) is 0 Å². The van der Waals surface area contributed by atoms with Crippen molar-refractivity contribution in [2.24, 2.45) is 0 Å². The van der Waals surface area contributed by atoms with E-state index in [-0.39, 0.29) is 5.56 Å². The summed E-state index contributed by atoms with van der Waals surface area (Å²) < 4.78 is 6.55. The molecule has 114 valence electrons. The number of nitrogens with zero attached hydrogens (tertiary/aromatic N) is 1. The number of carbonyl (C=O) groups is 1. The third kappa shape index (κ3) is 2.66. The Morgan fingerprint density at radius 2 is 2.18 bits per heavy atom. The van der Waals surface area contributed by atoms with Gasteiger partial charge in [-0.2, -0.15) is 0 Å². The van der Waals surface area contributed by atoms with E-state index in [1.165, 1.54) is 7.11 Å². The summed E-state index contributed by atoms with van der Waals surface area (Å²) in [7, 11) is 1.36. The summed E-state index contributed by atoms with van der Waals surface area (Å²) in [4.78, 5) is 24.6. The number of fused-ring (bicyclic) bond motifs is 1. The Bertz CT molecular complexity index is 795. The van der Waals surface area contributed by atoms with Crippen LogP contribution in [-0.2, 0) is 24.1 Å². The van der Waals surface area contributed by atoms with Gasteiger partial charge in [0.1, 0.15) is 0 Å². The minimum absolute atomic E-state index is 0.0277. The van der Waals surface area contributed by atoms with Crippen molar-refractivity contribution in [3.05, 3.63) is 68.1 Å². The number of halogens is 1. The molecule has 0 N–H and O–H groups in total. The van der Waals surface area contributed by atoms with Gasteiger partial charge < -0.3 is 9.30 Å². The number of hydrogen-bond donors (Lipinski definition) is 0. The molecule has 2 aromatic rings. The number of aromatic nitrogens is 1. The standard InChI is InChI=1S/C17H16ClNO3/c1-22-17(21)14-10-12(8-11-4-2-5-13(18)9-11)16(20)19-7-3-6-15(14)19/h2,4-5,9-10H,3,6-8H2,1H3. The van der Waals surface area contributed by atoms with Crippen LogP contribution >= 0.6 is 11.6 Å². The molecule has 2 heterocycles. The fourth-order valence-electron chi connectivity index (χ4n) is 2.95. The molecular weight excluding hydrogens is 302 g/mol. The molecule has 0 unspecified atom stereocenters. The quantitative estimate of drug-likeness (QED) is 0.818. The van der Waals surface area contributed by atoms with Gasteiger partial charge >= 0.3 is 5.97 Å². The highest BCUT2D eigenvalue weighted by atomic mass is 35.5. The maximum Gasteiger partial charge on any atom is 0.339 e. The van der Waals surface area contributed by atoms with Crippen LogP contribution < -0.4 is 5.56 Å². The molecule has 4 nitrogen and oxygen atoms in total. The monoisotopic (exact) mass is 317 g/mol. The van der Waals surface area contributed by atoms with Crippen LogP contribution in [0.15, 0.2) is 35.1 Å². The van der Waals surface area contributed by atoms with Crippen molar-refractivity contribution < 1.29 is 9.53 Å². The summed E-state index contributed by atoms with van der Waals surface area (Å²) in [5.41, 5.74) is 2.79. The van der Waals surface area contributed by atoms with Crippen molar-refractivity contribution in [1.29, 1.82) is 0 Å². The summed E-state index contributed by atoms with van der Waals surface area (Å²) in [5, 5.41) is 0.631. The van der Waals surface area contributed by atoms with Crippen molar-refractivity contribution in [2.45, 2.75) is 25.8 Å². The van der Waals surface area contributed by atoms with E-state index in [2.05, 4.69) is 0 Å². The fraction of sp³-hybridized carbons (Fsp3) is 0.294. The lowest BCUT2D eigenvalue weighted by Crippen LogP contribution is -2.26. The molecule has 1 aliphatic rings. The highest BCUT2D eigenvalue weighted by Crippen LogP contribution is 2.21. The molecule has 22 heavy (non-hydrogen) atoms. The number of ether oxygens (including phenoxy) is 1. The molecule has 0 atom stereocenters. The lowest BCUT2D eigenvalue weighted by Gasteiger charge is -2.12. The lowest BCUT2D eigenvalue weighted by molar-refractivity contribution is 0.0598. The summed E-state index contributed by atoms with van der Waals surface area (Å²) in [6, 6.07) is 9.06. The Morgan fingerprint density at radius 3 is 2.91 bits per heavy atom. The highest BCUT2D eigenvalue weighted by Gasteiger charge is 2.23. The molecule has 0 amide bonds. The zero-order valence-electron chi connectivity index (χ0n) is 12.3. The molecule has 0 aliphatic carbocycles. The third-order valence-electron chi connectivity index (χ3n) is 3.96. The average molecular weight is 318 g/mol. The van der Waals surface area contributed by atoms with Gasteiger partial charge in [0.25, 0.3) is 5.56 Å². The molecule has 3 rings (SSSR count). The van der Waals surface area contributed by atoms with Gasteiger partial charge in [0, 0.05) is 29.2 Å². The second kappa shape index (κ2) is 5.97. The van der Waals surface area contributed by atoms with Crippen LogP contribution in [0.25, 0.3) is 0 Å². The van der Waals surface area contributed by atoms with Gasteiger partial charge in [-0.15, -0.1) is 0 Å². The largest absolute Gasteiger partial charge is 0.465 e. The molecule has 1 aromatic carbocycles. The molecule has 1 aromatic heterocycles. The van der Waals surface area contributed by atoms with Crippen LogP contribution in [-0.4, -0.2) is 17.6 Å². The smallest absolute Gasteiger partial charge is 0.339 e. The first-order valence-electron chi connectivity index (χ1n) is 7.18. The molecule has 0 saturated carbocycles. The van der Waals surface area contributed by atoms with Gasteiger partial charge in [-0.25, -0.2) is 4.79 Å². The molecule has 0 bridgehead atoms. The van der Waals surface area contributed by atoms with E-state index in [0.717, 1.165) is 24.1 Å². The van der Waals surface area contributed by atoms with Crippen LogP contribution in [0.5, 0.6) is 0 Å². The van der Waals surface area contributed by atoms with Crippen LogP contribution in [0.2, 0.25) is 5.02 Å². The average Bonchev–Trinajstić information content (AvgIpc) is 2.99. The van der Waals surface area contributed by atoms with Crippen molar-refractivity contribution in [3.8, 4) is 0 Å². The van der Waals surface area contributed by atoms with Gasteiger partial charge in [0.2, 0.25) is 0 Å². The van der Waals surface area contributed by atoms with E-state index in [9.17, 15) is 9.59 Å². The van der Waals surface area contributed by atoms with Crippen molar-refractivity contribution in [2.75, 3.05) is 7.11 Å². The minimum Gasteiger partial charge on any atom is -0.465 e. The van der Waals surface area contributed by atoms with Gasteiger partial charge in [-0.1, -0.05) is 23.7 Å². The van der Waals surface area contributed by atoms with E-state index in [4.69, 9.17) is 16.3 Å². The summed E-state index contributed by atoms with van der Waals surface area (Å²) in [6.07, 6.45) is 2.06. The molecule has 0 saturated heterocycles. The first-order valence-corrected chi connectivity index (χ1v) is 7.56. The number of benzene rings is 1. The van der Waals surface area contributed by atoms with Gasteiger partial charge in [-0.3, -0.25) is 4.79 Å². The predicted molar refractivity (Wildman–Crippen MR) is 84.6 cm³/mol. The zero-order chi connectivity index (χ0) is 15.7. The maximum absolute atomic E-state index is 12.6. The topological polar surface area (TPSA) is 48.3 Å². The van der Waals surface area contributed by atoms with E-state index in [0.29, 0.717) is 29.1 Å². The molecule has 0 fully saturated rings. The van der Waals surface area contributed by atoms with Crippen LogP contribution in [0.4, 0.5) is 0 Å². The first kappa shape index (κ1) is 14.9. The number of rotatable bonds is 3. The third-order valence-corrected chi connectivity index (χ3v) is 4.19. The fourth-order valence-corrected chi connectivity index (χ4v) is 3.16. The van der Waals surface area contributed by atoms with Gasteiger partial charge in [-0.05, 0) is 36.6 Å². The minimum atomic E-state index is -0.391. The van der Waals surface area contributed by atoms with E-state index in [1.54, 1.807) is 16.7 Å². The Labute approximate surface area is 133 Å². The van der Waals surface area contributed by atoms with E-state index < -0.39 is 5.97 Å². The van der Waals surface area contributed by atoms with Crippen LogP contribution in [0.3, 0.4) is 0 Å². The SMILES string of the molecule is COC(=O)c1cc(Cc2cccc(Cl)c2)c(=O)n2c1CCC2. The highest BCUT2D eigenvalue weighted by molar-refractivity contribution is 6.30.